The maximum Gasteiger partial charge on any atom is 0.254 e. The van der Waals surface area contributed by atoms with Crippen molar-refractivity contribution in [3.8, 4) is 11.4 Å². The van der Waals surface area contributed by atoms with Crippen LogP contribution in [0.3, 0.4) is 0 Å². The minimum Gasteiger partial charge on any atom is -0.337 e. The van der Waals surface area contributed by atoms with Crippen molar-refractivity contribution in [1.29, 1.82) is 0 Å². The summed E-state index contributed by atoms with van der Waals surface area (Å²) < 4.78 is 5.49. The van der Waals surface area contributed by atoms with Crippen molar-refractivity contribution in [3.63, 3.8) is 0 Å². The van der Waals surface area contributed by atoms with E-state index >= 15 is 0 Å². The van der Waals surface area contributed by atoms with Gasteiger partial charge < -0.3 is 9.42 Å². The predicted octanol–water partition coefficient (Wildman–Crippen LogP) is 5.02. The zero-order valence-electron chi connectivity index (χ0n) is 16.2. The molecule has 0 radical (unpaired) electrons. The summed E-state index contributed by atoms with van der Waals surface area (Å²) in [5.74, 6) is 1.07. The molecule has 0 spiro atoms. The number of hydrogen-bond donors (Lipinski definition) is 0. The van der Waals surface area contributed by atoms with Gasteiger partial charge in [-0.3, -0.25) is 4.79 Å². The number of carbonyl (C=O) groups is 1. The summed E-state index contributed by atoms with van der Waals surface area (Å²) >= 11 is 0. The largest absolute Gasteiger partial charge is 0.337 e. The van der Waals surface area contributed by atoms with Gasteiger partial charge in [0, 0.05) is 17.2 Å². The summed E-state index contributed by atoms with van der Waals surface area (Å²) in [6.07, 6.45) is 5.60. The van der Waals surface area contributed by atoms with E-state index in [2.05, 4.69) is 10.1 Å². The quantitative estimate of drug-likeness (QED) is 0.628. The Kier molecular flexibility index (Phi) is 5.51. The molecule has 1 amide bonds. The summed E-state index contributed by atoms with van der Waals surface area (Å²) in [5.41, 5.74) is 2.76. The molecule has 0 bridgehead atoms. The summed E-state index contributed by atoms with van der Waals surface area (Å²) in [7, 11) is 0. The second-order valence-electron chi connectivity index (χ2n) is 7.47. The van der Waals surface area contributed by atoms with Crippen molar-refractivity contribution in [2.45, 2.75) is 51.6 Å². The number of aryl methyl sites for hydroxylation is 1. The number of carbonyl (C=O) groups excluding carboxylic acids is 1. The third-order valence-electron chi connectivity index (χ3n) is 5.38. The monoisotopic (exact) mass is 375 g/mol. The first-order chi connectivity index (χ1) is 13.7. The Morgan fingerprint density at radius 3 is 2.46 bits per heavy atom. The van der Waals surface area contributed by atoms with Gasteiger partial charge in [0.2, 0.25) is 11.7 Å². The Labute approximate surface area is 165 Å². The Balaban J connectivity index is 1.58. The first-order valence-electron chi connectivity index (χ1n) is 9.96. The Morgan fingerprint density at radius 2 is 1.75 bits per heavy atom. The van der Waals surface area contributed by atoms with Gasteiger partial charge in [-0.15, -0.1) is 0 Å². The van der Waals surface area contributed by atoms with Crippen molar-refractivity contribution in [2.75, 3.05) is 0 Å². The van der Waals surface area contributed by atoms with E-state index in [1.807, 2.05) is 66.4 Å². The molecule has 1 aliphatic rings. The third kappa shape index (κ3) is 4.14. The van der Waals surface area contributed by atoms with Crippen LogP contribution >= 0.6 is 0 Å². The fourth-order valence-corrected chi connectivity index (χ4v) is 3.79. The predicted molar refractivity (Wildman–Crippen MR) is 108 cm³/mol. The first-order valence-corrected chi connectivity index (χ1v) is 9.96. The second-order valence-corrected chi connectivity index (χ2v) is 7.47. The van der Waals surface area contributed by atoms with Gasteiger partial charge >= 0.3 is 0 Å². The van der Waals surface area contributed by atoms with Gasteiger partial charge in [-0.05, 0) is 31.9 Å². The van der Waals surface area contributed by atoms with Crippen molar-refractivity contribution in [2.24, 2.45) is 0 Å². The van der Waals surface area contributed by atoms with Crippen LogP contribution in [0.2, 0.25) is 0 Å². The van der Waals surface area contributed by atoms with E-state index in [-0.39, 0.29) is 11.9 Å². The zero-order valence-corrected chi connectivity index (χ0v) is 16.2. The van der Waals surface area contributed by atoms with Crippen LogP contribution in [0.4, 0.5) is 0 Å². The van der Waals surface area contributed by atoms with Crippen molar-refractivity contribution in [3.05, 3.63) is 71.6 Å². The number of aromatic nitrogens is 2. The second kappa shape index (κ2) is 8.38. The van der Waals surface area contributed by atoms with Crippen LogP contribution in [-0.4, -0.2) is 27.0 Å². The van der Waals surface area contributed by atoms with Crippen molar-refractivity contribution < 1.29 is 9.32 Å². The van der Waals surface area contributed by atoms with E-state index in [4.69, 9.17) is 4.52 Å². The maximum absolute atomic E-state index is 13.3. The SMILES string of the molecule is Cc1ccc(C(=O)N(Cc2nc(-c3ccccc3)no2)C2CCCCC2)cc1. The van der Waals surface area contributed by atoms with Gasteiger partial charge in [-0.25, -0.2) is 0 Å². The number of benzene rings is 2. The van der Waals surface area contributed by atoms with Gasteiger partial charge in [0.05, 0.1) is 0 Å². The topological polar surface area (TPSA) is 59.2 Å². The highest BCUT2D eigenvalue weighted by molar-refractivity contribution is 5.94. The van der Waals surface area contributed by atoms with E-state index in [1.54, 1.807) is 0 Å². The Morgan fingerprint density at radius 1 is 1.04 bits per heavy atom. The highest BCUT2D eigenvalue weighted by atomic mass is 16.5. The van der Waals surface area contributed by atoms with E-state index in [0.717, 1.165) is 36.8 Å². The molecule has 28 heavy (non-hydrogen) atoms. The molecule has 0 aliphatic heterocycles. The molecule has 1 fully saturated rings. The van der Waals surface area contributed by atoms with E-state index < -0.39 is 0 Å². The van der Waals surface area contributed by atoms with E-state index in [0.29, 0.717) is 23.8 Å². The van der Waals surface area contributed by atoms with E-state index in [9.17, 15) is 4.79 Å². The maximum atomic E-state index is 13.3. The van der Waals surface area contributed by atoms with Gasteiger partial charge in [0.1, 0.15) is 6.54 Å². The molecular weight excluding hydrogens is 350 g/mol. The molecule has 0 atom stereocenters. The van der Waals surface area contributed by atoms with Crippen LogP contribution in [0, 0.1) is 6.92 Å². The van der Waals surface area contributed by atoms with Gasteiger partial charge in [-0.2, -0.15) is 4.98 Å². The molecule has 144 valence electrons. The zero-order chi connectivity index (χ0) is 19.3. The molecule has 2 aromatic carbocycles. The lowest BCUT2D eigenvalue weighted by molar-refractivity contribution is 0.0586. The lowest BCUT2D eigenvalue weighted by atomic mass is 9.93. The average molecular weight is 375 g/mol. The van der Waals surface area contributed by atoms with Crippen LogP contribution < -0.4 is 0 Å². The summed E-state index contributed by atoms with van der Waals surface area (Å²) in [4.78, 5) is 19.7. The first kappa shape index (κ1) is 18.4. The minimum atomic E-state index is 0.0337. The van der Waals surface area contributed by atoms with Crippen LogP contribution in [0.5, 0.6) is 0 Å². The fourth-order valence-electron chi connectivity index (χ4n) is 3.79. The number of rotatable bonds is 5. The molecule has 1 aliphatic carbocycles. The Hall–Kier alpha value is -2.95. The smallest absolute Gasteiger partial charge is 0.254 e. The molecule has 0 saturated heterocycles. The summed E-state index contributed by atoms with van der Waals surface area (Å²) in [6, 6.07) is 17.7. The normalized spacial score (nSPS) is 14.8. The molecule has 3 aromatic rings. The third-order valence-corrected chi connectivity index (χ3v) is 5.38. The van der Waals surface area contributed by atoms with Crippen molar-refractivity contribution in [1.82, 2.24) is 15.0 Å². The van der Waals surface area contributed by atoms with Crippen LogP contribution in [0.15, 0.2) is 59.1 Å². The molecule has 1 aromatic heterocycles. The van der Waals surface area contributed by atoms with Crippen LogP contribution in [0.1, 0.15) is 53.9 Å². The van der Waals surface area contributed by atoms with Gasteiger partial charge in [0.15, 0.2) is 0 Å². The molecule has 1 saturated carbocycles. The molecule has 0 unspecified atom stereocenters. The van der Waals surface area contributed by atoms with E-state index in [1.165, 1.54) is 6.42 Å². The standard InChI is InChI=1S/C23H25N3O2/c1-17-12-14-19(15-13-17)23(27)26(20-10-6-3-7-11-20)16-21-24-22(25-28-21)18-8-4-2-5-9-18/h2,4-5,8-9,12-15,20H,3,6-7,10-11,16H2,1H3. The Bertz CT molecular complexity index is 913. The average Bonchev–Trinajstić information content (AvgIpc) is 3.22. The molecule has 5 nitrogen and oxygen atoms in total. The molecule has 0 N–H and O–H groups in total. The molecule has 1 heterocycles. The number of amides is 1. The summed E-state index contributed by atoms with van der Waals surface area (Å²) in [5, 5.41) is 4.10. The van der Waals surface area contributed by atoms with Crippen LogP contribution in [0.25, 0.3) is 11.4 Å². The van der Waals surface area contributed by atoms with Gasteiger partial charge in [-0.1, -0.05) is 72.4 Å². The number of hydrogen-bond acceptors (Lipinski definition) is 4. The highest BCUT2D eigenvalue weighted by Gasteiger charge is 2.28. The van der Waals surface area contributed by atoms with Crippen molar-refractivity contribution >= 4 is 5.91 Å². The number of nitrogens with zero attached hydrogens (tertiary/aromatic N) is 3. The van der Waals surface area contributed by atoms with Crippen LogP contribution in [-0.2, 0) is 6.54 Å². The molecular formula is C23H25N3O2. The van der Waals surface area contributed by atoms with Gasteiger partial charge in [0.25, 0.3) is 5.91 Å². The molecule has 5 heteroatoms. The molecule has 4 rings (SSSR count). The highest BCUT2D eigenvalue weighted by Crippen LogP contribution is 2.26. The minimum absolute atomic E-state index is 0.0337. The fraction of sp³-hybridized carbons (Fsp3) is 0.348. The lowest BCUT2D eigenvalue weighted by Gasteiger charge is -2.33. The lowest BCUT2D eigenvalue weighted by Crippen LogP contribution is -2.41. The summed E-state index contributed by atoms with van der Waals surface area (Å²) in [6.45, 7) is 2.37.